The highest BCUT2D eigenvalue weighted by Gasteiger charge is 2.34. The highest BCUT2D eigenvalue weighted by Crippen LogP contribution is 2.33. The lowest BCUT2D eigenvalue weighted by molar-refractivity contribution is -0.0245. The summed E-state index contributed by atoms with van der Waals surface area (Å²) in [6.45, 7) is 2.50. The maximum Gasteiger partial charge on any atom is 0.176 e. The molecule has 2 aromatic carbocycles. The van der Waals surface area contributed by atoms with Gasteiger partial charge in [-0.05, 0) is 48.7 Å². The number of ketones is 1. The molecule has 1 saturated heterocycles. The first-order chi connectivity index (χ1) is 13.0. The van der Waals surface area contributed by atoms with Gasteiger partial charge in [-0.2, -0.15) is 0 Å². The van der Waals surface area contributed by atoms with Crippen molar-refractivity contribution in [1.29, 1.82) is 0 Å². The van der Waals surface area contributed by atoms with E-state index >= 15 is 0 Å². The molecule has 1 fully saturated rings. The molecule has 6 heteroatoms. The standard InChI is InChI=1S/C21H22FNO4/c22-17-4-2-16(3-5-17)21(25)7-9-23(10-8-21)14-18(24)15-1-6-19-20(13-15)27-12-11-26-19/h1-6,13,25H,7-12,14H2. The minimum Gasteiger partial charge on any atom is -0.486 e. The highest BCUT2D eigenvalue weighted by atomic mass is 19.1. The minimum absolute atomic E-state index is 0.0131. The monoisotopic (exact) mass is 371 g/mol. The van der Waals surface area contributed by atoms with Gasteiger partial charge >= 0.3 is 0 Å². The topological polar surface area (TPSA) is 59.0 Å². The normalized spacial score (nSPS) is 18.9. The van der Waals surface area contributed by atoms with Crippen LogP contribution in [0.2, 0.25) is 0 Å². The van der Waals surface area contributed by atoms with Gasteiger partial charge in [0.05, 0.1) is 12.1 Å². The van der Waals surface area contributed by atoms with Gasteiger partial charge in [-0.3, -0.25) is 9.69 Å². The van der Waals surface area contributed by atoms with Crippen LogP contribution in [0.1, 0.15) is 28.8 Å². The van der Waals surface area contributed by atoms with Gasteiger partial charge in [0.2, 0.25) is 0 Å². The van der Waals surface area contributed by atoms with Crippen LogP contribution in [0.15, 0.2) is 42.5 Å². The van der Waals surface area contributed by atoms with Crippen molar-refractivity contribution < 1.29 is 23.8 Å². The Kier molecular flexibility index (Phi) is 4.85. The lowest BCUT2D eigenvalue weighted by atomic mass is 9.84. The molecule has 2 aliphatic heterocycles. The van der Waals surface area contributed by atoms with Crippen LogP contribution in [0.3, 0.4) is 0 Å². The number of fused-ring (bicyclic) bond motifs is 1. The average Bonchev–Trinajstić information content (AvgIpc) is 2.70. The number of hydrogen-bond acceptors (Lipinski definition) is 5. The van der Waals surface area contributed by atoms with E-state index in [9.17, 15) is 14.3 Å². The van der Waals surface area contributed by atoms with Crippen LogP contribution in [0.4, 0.5) is 4.39 Å². The van der Waals surface area contributed by atoms with Crippen molar-refractivity contribution in [2.75, 3.05) is 32.8 Å². The number of ether oxygens (including phenoxy) is 2. The summed E-state index contributed by atoms with van der Waals surface area (Å²) in [6.07, 6.45) is 1.01. The zero-order valence-corrected chi connectivity index (χ0v) is 15.0. The molecule has 0 spiro atoms. The van der Waals surface area contributed by atoms with Gasteiger partial charge < -0.3 is 14.6 Å². The number of nitrogens with zero attached hydrogens (tertiary/aromatic N) is 1. The Labute approximate surface area is 157 Å². The second kappa shape index (κ2) is 7.29. The van der Waals surface area contributed by atoms with E-state index in [-0.39, 0.29) is 11.6 Å². The molecule has 1 N–H and O–H groups in total. The molecule has 4 rings (SSSR count). The van der Waals surface area contributed by atoms with Crippen LogP contribution in [0, 0.1) is 5.82 Å². The fourth-order valence-electron chi connectivity index (χ4n) is 3.64. The second-order valence-electron chi connectivity index (χ2n) is 7.10. The van der Waals surface area contributed by atoms with Gasteiger partial charge in [-0.1, -0.05) is 12.1 Å². The largest absolute Gasteiger partial charge is 0.486 e. The molecule has 0 atom stereocenters. The van der Waals surface area contributed by atoms with Gasteiger partial charge in [-0.25, -0.2) is 4.39 Å². The molecule has 0 aliphatic carbocycles. The SMILES string of the molecule is O=C(CN1CCC(O)(c2ccc(F)cc2)CC1)c1ccc2c(c1)OCCO2. The molecular weight excluding hydrogens is 349 g/mol. The number of likely N-dealkylation sites (tertiary alicyclic amines) is 1. The number of Topliss-reactive ketones (excluding diaryl/α,β-unsaturated/α-hetero) is 1. The van der Waals surface area contributed by atoms with Crippen LogP contribution in [0.5, 0.6) is 11.5 Å². The molecule has 2 aromatic rings. The number of benzene rings is 2. The van der Waals surface area contributed by atoms with E-state index in [1.54, 1.807) is 30.3 Å². The fourth-order valence-corrected chi connectivity index (χ4v) is 3.64. The fraction of sp³-hybridized carbons (Fsp3) is 0.381. The summed E-state index contributed by atoms with van der Waals surface area (Å²) in [5, 5.41) is 10.9. The van der Waals surface area contributed by atoms with Crippen molar-refractivity contribution in [3.63, 3.8) is 0 Å². The molecule has 0 unspecified atom stereocenters. The van der Waals surface area contributed by atoms with Crippen molar-refractivity contribution in [2.24, 2.45) is 0 Å². The number of aliphatic hydroxyl groups is 1. The van der Waals surface area contributed by atoms with Gasteiger partial charge in [0.25, 0.3) is 0 Å². The van der Waals surface area contributed by atoms with Crippen molar-refractivity contribution in [1.82, 2.24) is 4.90 Å². The smallest absolute Gasteiger partial charge is 0.176 e. The van der Waals surface area contributed by atoms with Crippen molar-refractivity contribution in [2.45, 2.75) is 18.4 Å². The van der Waals surface area contributed by atoms with Crippen LogP contribution >= 0.6 is 0 Å². The van der Waals surface area contributed by atoms with Crippen molar-refractivity contribution in [3.05, 3.63) is 59.4 Å². The van der Waals surface area contributed by atoms with E-state index in [4.69, 9.17) is 9.47 Å². The third kappa shape index (κ3) is 3.82. The molecule has 0 radical (unpaired) electrons. The van der Waals surface area contributed by atoms with Gasteiger partial charge in [0.15, 0.2) is 17.3 Å². The highest BCUT2D eigenvalue weighted by molar-refractivity contribution is 5.98. The van der Waals surface area contributed by atoms with E-state index in [0.29, 0.717) is 62.8 Å². The van der Waals surface area contributed by atoms with Gasteiger partial charge in [-0.15, -0.1) is 0 Å². The molecule has 0 bridgehead atoms. The van der Waals surface area contributed by atoms with Crippen molar-refractivity contribution >= 4 is 5.78 Å². The molecule has 27 heavy (non-hydrogen) atoms. The Morgan fingerprint density at radius 2 is 1.70 bits per heavy atom. The summed E-state index contributed by atoms with van der Waals surface area (Å²) in [7, 11) is 0. The lowest BCUT2D eigenvalue weighted by Crippen LogP contribution is -2.44. The number of hydrogen-bond donors (Lipinski definition) is 1. The summed E-state index contributed by atoms with van der Waals surface area (Å²) < 4.78 is 24.1. The van der Waals surface area contributed by atoms with Crippen molar-refractivity contribution in [3.8, 4) is 11.5 Å². The first-order valence-electron chi connectivity index (χ1n) is 9.17. The molecule has 0 saturated carbocycles. The quantitative estimate of drug-likeness (QED) is 0.838. The Morgan fingerprint density at radius 3 is 2.41 bits per heavy atom. The average molecular weight is 371 g/mol. The van der Waals surface area contributed by atoms with E-state index in [0.717, 1.165) is 5.56 Å². The third-order valence-electron chi connectivity index (χ3n) is 5.30. The summed E-state index contributed by atoms with van der Waals surface area (Å²) in [6, 6.07) is 11.3. The maximum absolute atomic E-state index is 13.1. The first-order valence-corrected chi connectivity index (χ1v) is 9.17. The summed E-state index contributed by atoms with van der Waals surface area (Å²) in [5.41, 5.74) is 0.352. The van der Waals surface area contributed by atoms with E-state index in [1.165, 1.54) is 12.1 Å². The van der Waals surface area contributed by atoms with Crippen LogP contribution in [0.25, 0.3) is 0 Å². The van der Waals surface area contributed by atoms with Gasteiger partial charge in [0.1, 0.15) is 19.0 Å². The second-order valence-corrected chi connectivity index (χ2v) is 7.10. The summed E-state index contributed by atoms with van der Waals surface area (Å²) in [5.74, 6) is 0.973. The molecule has 142 valence electrons. The lowest BCUT2D eigenvalue weighted by Gasteiger charge is -2.38. The van der Waals surface area contributed by atoms with Crippen LogP contribution in [-0.4, -0.2) is 48.6 Å². The van der Waals surface area contributed by atoms with Crippen LogP contribution < -0.4 is 9.47 Å². The number of piperidine rings is 1. The van der Waals surface area contributed by atoms with Gasteiger partial charge in [0, 0.05) is 18.7 Å². The summed E-state index contributed by atoms with van der Waals surface area (Å²) in [4.78, 5) is 14.7. The molecular formula is C21H22FNO4. The zero-order chi connectivity index (χ0) is 18.9. The zero-order valence-electron chi connectivity index (χ0n) is 15.0. The number of rotatable bonds is 4. The summed E-state index contributed by atoms with van der Waals surface area (Å²) >= 11 is 0. The molecule has 0 amide bonds. The Balaban J connectivity index is 1.37. The molecule has 2 heterocycles. The predicted octanol–water partition coefficient (Wildman–Crippen LogP) is 2.76. The third-order valence-corrected chi connectivity index (χ3v) is 5.30. The minimum atomic E-state index is -0.968. The number of halogens is 1. The number of carbonyl (C=O) groups is 1. The Bertz CT molecular complexity index is 829. The Hall–Kier alpha value is -2.44. The molecule has 2 aliphatic rings. The maximum atomic E-state index is 13.1. The van der Waals surface area contributed by atoms with Crippen LogP contribution in [-0.2, 0) is 5.60 Å². The first kappa shape index (κ1) is 17.9. The number of carbonyl (C=O) groups excluding carboxylic acids is 1. The van der Waals surface area contributed by atoms with E-state index in [1.807, 2.05) is 4.90 Å². The van der Waals surface area contributed by atoms with E-state index in [2.05, 4.69) is 0 Å². The Morgan fingerprint density at radius 1 is 1.04 bits per heavy atom. The molecule has 0 aromatic heterocycles. The predicted molar refractivity (Wildman–Crippen MR) is 97.7 cm³/mol. The molecule has 5 nitrogen and oxygen atoms in total. The van der Waals surface area contributed by atoms with E-state index < -0.39 is 5.60 Å².